The number of para-hydroxylation sites is 1. The third-order valence-electron chi connectivity index (χ3n) is 4.21. The molecule has 0 spiro atoms. The van der Waals surface area contributed by atoms with Crippen molar-refractivity contribution in [3.63, 3.8) is 0 Å². The first-order chi connectivity index (χ1) is 11.0. The van der Waals surface area contributed by atoms with Crippen molar-refractivity contribution in [1.82, 2.24) is 15.1 Å². The molecule has 1 aromatic heterocycles. The van der Waals surface area contributed by atoms with Crippen LogP contribution in [0.15, 0.2) is 30.5 Å². The summed E-state index contributed by atoms with van der Waals surface area (Å²) in [5.74, 6) is -0.0541. The van der Waals surface area contributed by atoms with Crippen LogP contribution in [0.1, 0.15) is 28.9 Å². The Morgan fingerprint density at radius 2 is 2.17 bits per heavy atom. The summed E-state index contributed by atoms with van der Waals surface area (Å²) in [7, 11) is 1.82. The molecule has 2 heterocycles. The summed E-state index contributed by atoms with van der Waals surface area (Å²) in [6.07, 6.45) is 3.77. The van der Waals surface area contributed by atoms with Gasteiger partial charge in [-0.2, -0.15) is 5.10 Å². The Morgan fingerprint density at radius 1 is 1.39 bits per heavy atom. The van der Waals surface area contributed by atoms with Crippen molar-refractivity contribution < 1.29 is 4.79 Å². The standard InChI is InChI=1S/C17H21ClN4O/c1-12-14(11-21(2)20-12)17(23)19-13-6-5-9-22(10-13)16-8-4-3-7-15(16)18/h3-4,7-8,11,13H,5-6,9-10H2,1-2H3,(H,19,23). The predicted molar refractivity (Wildman–Crippen MR) is 92.1 cm³/mol. The van der Waals surface area contributed by atoms with E-state index in [1.165, 1.54) is 0 Å². The maximum absolute atomic E-state index is 12.4. The highest BCUT2D eigenvalue weighted by atomic mass is 35.5. The number of nitrogens with one attached hydrogen (secondary N) is 1. The number of hydrogen-bond acceptors (Lipinski definition) is 3. The lowest BCUT2D eigenvalue weighted by Crippen LogP contribution is -2.48. The third-order valence-corrected chi connectivity index (χ3v) is 4.53. The van der Waals surface area contributed by atoms with Crippen LogP contribution in [0.4, 0.5) is 5.69 Å². The Kier molecular flexibility index (Phi) is 4.57. The summed E-state index contributed by atoms with van der Waals surface area (Å²) in [5, 5.41) is 8.11. The minimum Gasteiger partial charge on any atom is -0.368 e. The minimum atomic E-state index is -0.0541. The van der Waals surface area contributed by atoms with Crippen molar-refractivity contribution in [3.8, 4) is 0 Å². The van der Waals surface area contributed by atoms with Crippen LogP contribution in [0.2, 0.25) is 5.02 Å². The van der Waals surface area contributed by atoms with Crippen LogP contribution in [0.3, 0.4) is 0 Å². The quantitative estimate of drug-likeness (QED) is 0.940. The molecular weight excluding hydrogens is 312 g/mol. The van der Waals surface area contributed by atoms with Gasteiger partial charge in [-0.05, 0) is 31.9 Å². The molecule has 5 nitrogen and oxygen atoms in total. The molecule has 0 radical (unpaired) electrons. The summed E-state index contributed by atoms with van der Waals surface area (Å²) in [4.78, 5) is 14.7. The molecule has 3 rings (SSSR count). The molecule has 1 saturated heterocycles. The second kappa shape index (κ2) is 6.62. The topological polar surface area (TPSA) is 50.2 Å². The third kappa shape index (κ3) is 3.50. The molecule has 0 saturated carbocycles. The first kappa shape index (κ1) is 15.9. The van der Waals surface area contributed by atoms with Crippen LogP contribution in [-0.2, 0) is 7.05 Å². The van der Waals surface area contributed by atoms with Gasteiger partial charge in [0.2, 0.25) is 0 Å². The van der Waals surface area contributed by atoms with Crippen LogP contribution >= 0.6 is 11.6 Å². The highest BCUT2D eigenvalue weighted by Gasteiger charge is 2.24. The van der Waals surface area contributed by atoms with Crippen LogP contribution in [0, 0.1) is 6.92 Å². The minimum absolute atomic E-state index is 0.0541. The fourth-order valence-electron chi connectivity index (χ4n) is 3.11. The van der Waals surface area contributed by atoms with Crippen LogP contribution in [0.25, 0.3) is 0 Å². The maximum atomic E-state index is 12.4. The lowest BCUT2D eigenvalue weighted by atomic mass is 10.0. The number of amides is 1. The number of hydrogen-bond donors (Lipinski definition) is 1. The molecular formula is C17H21ClN4O. The van der Waals surface area contributed by atoms with Crippen molar-refractivity contribution >= 4 is 23.2 Å². The number of aromatic nitrogens is 2. The first-order valence-corrected chi connectivity index (χ1v) is 8.23. The van der Waals surface area contributed by atoms with E-state index >= 15 is 0 Å². The fraction of sp³-hybridized carbons (Fsp3) is 0.412. The molecule has 1 atom stereocenters. The molecule has 1 aromatic carbocycles. The van der Waals surface area contributed by atoms with Crippen LogP contribution in [-0.4, -0.2) is 34.8 Å². The van der Waals surface area contributed by atoms with Crippen molar-refractivity contribution in [2.24, 2.45) is 7.05 Å². The average Bonchev–Trinajstić information content (AvgIpc) is 2.87. The van der Waals surface area contributed by atoms with Gasteiger partial charge in [-0.15, -0.1) is 0 Å². The monoisotopic (exact) mass is 332 g/mol. The Balaban J connectivity index is 1.68. The highest BCUT2D eigenvalue weighted by Crippen LogP contribution is 2.27. The number of rotatable bonds is 3. The van der Waals surface area contributed by atoms with E-state index in [0.29, 0.717) is 5.56 Å². The molecule has 0 aliphatic carbocycles. The van der Waals surface area contributed by atoms with Crippen molar-refractivity contribution in [3.05, 3.63) is 46.7 Å². The Morgan fingerprint density at radius 3 is 2.87 bits per heavy atom. The van der Waals surface area contributed by atoms with Gasteiger partial charge in [-0.25, -0.2) is 0 Å². The molecule has 1 fully saturated rings. The summed E-state index contributed by atoms with van der Waals surface area (Å²) in [6, 6.07) is 7.96. The zero-order valence-corrected chi connectivity index (χ0v) is 14.2. The molecule has 2 aromatic rings. The molecule has 1 aliphatic rings. The molecule has 122 valence electrons. The zero-order chi connectivity index (χ0) is 16.4. The van der Waals surface area contributed by atoms with Crippen molar-refractivity contribution in [1.29, 1.82) is 0 Å². The van der Waals surface area contributed by atoms with Crippen molar-refractivity contribution in [2.75, 3.05) is 18.0 Å². The molecule has 1 N–H and O–H groups in total. The lowest BCUT2D eigenvalue weighted by molar-refractivity contribution is 0.0932. The Hall–Kier alpha value is -2.01. The second-order valence-electron chi connectivity index (χ2n) is 6.01. The van der Waals surface area contributed by atoms with E-state index in [4.69, 9.17) is 11.6 Å². The number of benzene rings is 1. The Labute approximate surface area is 141 Å². The number of carbonyl (C=O) groups is 1. The van der Waals surface area contributed by atoms with E-state index in [2.05, 4.69) is 15.3 Å². The molecule has 23 heavy (non-hydrogen) atoms. The van der Waals surface area contributed by atoms with E-state index < -0.39 is 0 Å². The smallest absolute Gasteiger partial charge is 0.255 e. The summed E-state index contributed by atoms with van der Waals surface area (Å²) >= 11 is 6.29. The highest BCUT2D eigenvalue weighted by molar-refractivity contribution is 6.33. The number of halogens is 1. The molecule has 1 amide bonds. The SMILES string of the molecule is Cc1nn(C)cc1C(=O)NC1CCCN(c2ccccc2Cl)C1. The molecule has 1 aliphatic heterocycles. The van der Waals surface area contributed by atoms with Gasteiger partial charge in [-0.1, -0.05) is 23.7 Å². The van der Waals surface area contributed by atoms with Crippen LogP contribution in [0.5, 0.6) is 0 Å². The van der Waals surface area contributed by atoms with Crippen LogP contribution < -0.4 is 10.2 Å². The Bertz CT molecular complexity index is 712. The van der Waals surface area contributed by atoms with E-state index in [9.17, 15) is 4.79 Å². The summed E-state index contributed by atoms with van der Waals surface area (Å²) < 4.78 is 1.67. The number of carbonyl (C=O) groups excluding carboxylic acids is 1. The van der Waals surface area contributed by atoms with E-state index in [-0.39, 0.29) is 11.9 Å². The van der Waals surface area contributed by atoms with Gasteiger partial charge in [0, 0.05) is 32.4 Å². The number of nitrogens with zero attached hydrogens (tertiary/aromatic N) is 3. The van der Waals surface area contributed by atoms with Gasteiger partial charge in [0.25, 0.3) is 5.91 Å². The molecule has 0 bridgehead atoms. The largest absolute Gasteiger partial charge is 0.368 e. The maximum Gasteiger partial charge on any atom is 0.255 e. The normalized spacial score (nSPS) is 18.0. The summed E-state index contributed by atoms with van der Waals surface area (Å²) in [5.41, 5.74) is 2.43. The van der Waals surface area contributed by atoms with Gasteiger partial charge < -0.3 is 10.2 Å². The van der Waals surface area contributed by atoms with Gasteiger partial charge in [0.05, 0.1) is 22.0 Å². The molecule has 6 heteroatoms. The average molecular weight is 333 g/mol. The zero-order valence-electron chi connectivity index (χ0n) is 13.4. The summed E-state index contributed by atoms with van der Waals surface area (Å²) in [6.45, 7) is 3.59. The first-order valence-electron chi connectivity index (χ1n) is 7.85. The predicted octanol–water partition coefficient (Wildman–Crippen LogP) is 2.78. The molecule has 1 unspecified atom stereocenters. The van der Waals surface area contributed by atoms with Gasteiger partial charge in [0.1, 0.15) is 0 Å². The lowest BCUT2D eigenvalue weighted by Gasteiger charge is -2.35. The van der Waals surface area contributed by atoms with Gasteiger partial charge >= 0.3 is 0 Å². The van der Waals surface area contributed by atoms with E-state index in [0.717, 1.165) is 42.3 Å². The number of piperidine rings is 1. The second-order valence-corrected chi connectivity index (χ2v) is 6.42. The number of aryl methyl sites for hydroxylation is 2. The van der Waals surface area contributed by atoms with Gasteiger partial charge in [0.15, 0.2) is 0 Å². The van der Waals surface area contributed by atoms with E-state index in [1.807, 2.05) is 38.2 Å². The van der Waals surface area contributed by atoms with E-state index in [1.54, 1.807) is 10.9 Å². The fourth-order valence-corrected chi connectivity index (χ4v) is 3.36. The van der Waals surface area contributed by atoms with Gasteiger partial charge in [-0.3, -0.25) is 9.48 Å². The van der Waals surface area contributed by atoms with Crippen molar-refractivity contribution in [2.45, 2.75) is 25.8 Å². The number of anilines is 1.